The number of nitrogens with zero attached hydrogens (tertiary/aromatic N) is 3. The summed E-state index contributed by atoms with van der Waals surface area (Å²) in [6, 6.07) is 21.0. The second-order valence-corrected chi connectivity index (χ2v) is 8.23. The minimum atomic E-state index is -0.990. The quantitative estimate of drug-likeness (QED) is 0.308. The molecule has 1 N–H and O–H groups in total. The SMILES string of the molecule is COc1nc(C)cnc1-c1[c-]cc2c(c1)C(C)(C)c1ccccc1-2.O=C(O)c1ccccn1.[Ir]. The maximum Gasteiger partial charge on any atom is 0.354 e. The second kappa shape index (κ2) is 10.2. The van der Waals surface area contributed by atoms with Gasteiger partial charge in [0.05, 0.1) is 12.8 Å². The van der Waals surface area contributed by atoms with Gasteiger partial charge in [0, 0.05) is 38.2 Å². The van der Waals surface area contributed by atoms with Crippen LogP contribution >= 0.6 is 0 Å². The monoisotopic (exact) mass is 631 g/mol. The third-order valence-electron chi connectivity index (χ3n) is 5.71. The van der Waals surface area contributed by atoms with Crippen molar-refractivity contribution in [1.82, 2.24) is 15.0 Å². The van der Waals surface area contributed by atoms with Gasteiger partial charge in [0.1, 0.15) is 5.69 Å². The average Bonchev–Trinajstić information content (AvgIpc) is 3.06. The minimum absolute atomic E-state index is 0. The molecular weight excluding hydrogens is 607 g/mol. The van der Waals surface area contributed by atoms with Gasteiger partial charge in [0.15, 0.2) is 5.88 Å². The first-order valence-corrected chi connectivity index (χ1v) is 10.5. The number of aryl methyl sites for hydroxylation is 1. The van der Waals surface area contributed by atoms with Gasteiger partial charge < -0.3 is 9.84 Å². The first-order chi connectivity index (χ1) is 15.8. The average molecular weight is 631 g/mol. The van der Waals surface area contributed by atoms with E-state index >= 15 is 0 Å². The summed E-state index contributed by atoms with van der Waals surface area (Å²) in [5, 5.41) is 8.32. The summed E-state index contributed by atoms with van der Waals surface area (Å²) in [5.41, 5.74) is 7.72. The van der Waals surface area contributed by atoms with Crippen molar-refractivity contribution in [3.63, 3.8) is 0 Å². The van der Waals surface area contributed by atoms with Crippen LogP contribution in [-0.2, 0) is 25.5 Å². The van der Waals surface area contributed by atoms with Crippen molar-refractivity contribution in [2.75, 3.05) is 7.11 Å². The summed E-state index contributed by atoms with van der Waals surface area (Å²) in [6.07, 6.45) is 3.21. The molecule has 2 heterocycles. The van der Waals surface area contributed by atoms with Crippen LogP contribution in [-0.4, -0.2) is 33.1 Å². The molecule has 4 aromatic rings. The van der Waals surface area contributed by atoms with E-state index in [2.05, 4.69) is 71.3 Å². The van der Waals surface area contributed by atoms with Crippen LogP contribution in [0.1, 0.15) is 41.2 Å². The van der Waals surface area contributed by atoms with E-state index in [4.69, 9.17) is 9.84 Å². The second-order valence-electron chi connectivity index (χ2n) is 8.23. The molecular formula is C27H24IrN3O3-. The van der Waals surface area contributed by atoms with E-state index in [1.165, 1.54) is 34.5 Å². The van der Waals surface area contributed by atoms with Crippen molar-refractivity contribution in [3.8, 4) is 28.3 Å². The molecule has 0 fully saturated rings. The van der Waals surface area contributed by atoms with Crippen LogP contribution < -0.4 is 4.74 Å². The van der Waals surface area contributed by atoms with E-state index in [0.29, 0.717) is 5.88 Å². The molecule has 5 rings (SSSR count). The molecule has 1 aliphatic carbocycles. The van der Waals surface area contributed by atoms with Gasteiger partial charge in [0.25, 0.3) is 0 Å². The van der Waals surface area contributed by atoms with Crippen LogP contribution in [0, 0.1) is 13.0 Å². The summed E-state index contributed by atoms with van der Waals surface area (Å²) in [6.45, 7) is 6.43. The van der Waals surface area contributed by atoms with Crippen molar-refractivity contribution < 1.29 is 34.7 Å². The molecule has 0 saturated heterocycles. The Morgan fingerprint density at radius 2 is 1.76 bits per heavy atom. The number of rotatable bonds is 3. The van der Waals surface area contributed by atoms with Crippen molar-refractivity contribution in [1.29, 1.82) is 0 Å². The van der Waals surface area contributed by atoms with Crippen molar-refractivity contribution >= 4 is 5.97 Å². The summed E-state index contributed by atoms with van der Waals surface area (Å²) in [5.74, 6) is -0.449. The Balaban J connectivity index is 0.000000275. The van der Waals surface area contributed by atoms with E-state index < -0.39 is 5.97 Å². The number of ether oxygens (including phenoxy) is 1. The number of aromatic carboxylic acids is 1. The number of carboxylic acid groups (broad SMARTS) is 1. The van der Waals surface area contributed by atoms with E-state index in [-0.39, 0.29) is 31.2 Å². The molecule has 2 aromatic carbocycles. The number of carboxylic acids is 1. The number of fused-ring (bicyclic) bond motifs is 3. The molecule has 0 saturated carbocycles. The minimum Gasteiger partial charge on any atom is -0.486 e. The molecule has 6 nitrogen and oxygen atoms in total. The first kappa shape index (κ1) is 25.2. The van der Waals surface area contributed by atoms with Gasteiger partial charge >= 0.3 is 5.97 Å². The number of aromatic nitrogens is 3. The normalized spacial score (nSPS) is 12.4. The third kappa shape index (κ3) is 4.76. The molecule has 0 atom stereocenters. The smallest absolute Gasteiger partial charge is 0.354 e. The fourth-order valence-electron chi connectivity index (χ4n) is 4.05. The topological polar surface area (TPSA) is 85.2 Å². The van der Waals surface area contributed by atoms with Gasteiger partial charge in [-0.1, -0.05) is 55.3 Å². The Kier molecular flexibility index (Phi) is 7.60. The molecule has 175 valence electrons. The zero-order chi connectivity index (χ0) is 23.6. The van der Waals surface area contributed by atoms with E-state index in [0.717, 1.165) is 17.0 Å². The van der Waals surface area contributed by atoms with Gasteiger partial charge in [-0.3, -0.25) is 4.98 Å². The van der Waals surface area contributed by atoms with Crippen LogP contribution in [0.25, 0.3) is 22.4 Å². The number of hydrogen-bond donors (Lipinski definition) is 1. The number of benzene rings is 2. The van der Waals surface area contributed by atoms with Gasteiger partial charge in [-0.2, -0.15) is 0 Å². The maximum atomic E-state index is 10.1. The first-order valence-electron chi connectivity index (χ1n) is 10.5. The molecule has 7 heteroatoms. The number of pyridine rings is 1. The maximum absolute atomic E-state index is 10.1. The molecule has 1 radical (unpaired) electrons. The predicted octanol–water partition coefficient (Wildman–Crippen LogP) is 5.34. The molecule has 2 aromatic heterocycles. The molecule has 34 heavy (non-hydrogen) atoms. The van der Waals surface area contributed by atoms with Crippen LogP contribution in [0.3, 0.4) is 0 Å². The Morgan fingerprint density at radius 3 is 2.41 bits per heavy atom. The Bertz CT molecular complexity index is 1320. The fourth-order valence-corrected chi connectivity index (χ4v) is 4.05. The molecule has 0 unspecified atom stereocenters. The van der Waals surface area contributed by atoms with Gasteiger partial charge in [-0.25, -0.2) is 14.8 Å². The van der Waals surface area contributed by atoms with Crippen LogP contribution in [0.2, 0.25) is 0 Å². The number of carbonyl (C=O) groups is 1. The van der Waals surface area contributed by atoms with Crippen LogP contribution in [0.4, 0.5) is 0 Å². The van der Waals surface area contributed by atoms with Gasteiger partial charge in [-0.15, -0.1) is 29.3 Å². The molecule has 0 spiro atoms. The number of hydrogen-bond acceptors (Lipinski definition) is 5. The Hall–Kier alpha value is -3.41. The zero-order valence-corrected chi connectivity index (χ0v) is 21.7. The van der Waals surface area contributed by atoms with Gasteiger partial charge in [0.2, 0.25) is 0 Å². The molecule has 0 aliphatic heterocycles. The molecule has 0 bridgehead atoms. The van der Waals surface area contributed by atoms with Crippen LogP contribution in [0.15, 0.2) is 67.0 Å². The molecule has 1 aliphatic rings. The Labute approximate surface area is 212 Å². The van der Waals surface area contributed by atoms with E-state index in [1.807, 2.05) is 6.92 Å². The molecule has 0 amide bonds. The zero-order valence-electron chi connectivity index (χ0n) is 19.3. The van der Waals surface area contributed by atoms with Crippen molar-refractivity contribution in [3.05, 3.63) is 95.6 Å². The summed E-state index contributed by atoms with van der Waals surface area (Å²) in [7, 11) is 1.63. The summed E-state index contributed by atoms with van der Waals surface area (Å²) in [4.78, 5) is 22.7. The predicted molar refractivity (Wildman–Crippen MR) is 126 cm³/mol. The number of methoxy groups -OCH3 is 1. The Morgan fingerprint density at radius 1 is 1.03 bits per heavy atom. The van der Waals surface area contributed by atoms with Crippen molar-refractivity contribution in [2.24, 2.45) is 0 Å². The summed E-state index contributed by atoms with van der Waals surface area (Å²) >= 11 is 0. The van der Waals surface area contributed by atoms with Gasteiger partial charge in [-0.05, 0) is 30.0 Å². The third-order valence-corrected chi connectivity index (χ3v) is 5.71. The van der Waals surface area contributed by atoms with E-state index in [1.54, 1.807) is 25.4 Å². The fraction of sp³-hybridized carbons (Fsp3) is 0.185. The standard InChI is InChI=1S/C21H19N2O.C6H5NO2.Ir/c1-13-12-22-19(20(23-13)24-4)14-9-10-16-15-7-5-6-8-17(15)21(2,3)18(16)11-14;8-6(9)5-3-1-2-4-7-5;/h5-8,10-12H,1-4H3;1-4H,(H,8,9);/q-1;;. The summed E-state index contributed by atoms with van der Waals surface area (Å²) < 4.78 is 5.42. The van der Waals surface area contributed by atoms with Crippen LogP contribution in [0.5, 0.6) is 5.88 Å². The largest absolute Gasteiger partial charge is 0.486 e. The van der Waals surface area contributed by atoms with Crippen molar-refractivity contribution in [2.45, 2.75) is 26.2 Å². The van der Waals surface area contributed by atoms with E-state index in [9.17, 15) is 4.79 Å².